The number of thioether (sulfide) groups is 1. The third kappa shape index (κ3) is 4.93. The lowest BCUT2D eigenvalue weighted by Gasteiger charge is -2.28. The molecule has 0 atom stereocenters. The predicted molar refractivity (Wildman–Crippen MR) is 107 cm³/mol. The average Bonchev–Trinajstić information content (AvgIpc) is 2.86. The molecule has 0 radical (unpaired) electrons. The standard InChI is InChI=1S/C20H31N3O2S/c1-15-12-16(2)19(18(21)13-15)26-14-22-6-3-7-23(9-8-22)20(24)17-4-10-25-11-5-17/h12-13,17H,3-11,14,21H2,1-2H3. The SMILES string of the molecule is Cc1cc(C)c(SCN2CCCN(C(=O)C3CCOCC3)CC2)c(N)c1. The summed E-state index contributed by atoms with van der Waals surface area (Å²) in [6.45, 7) is 9.35. The maximum Gasteiger partial charge on any atom is 0.225 e. The number of amides is 1. The van der Waals surface area contributed by atoms with Crippen molar-refractivity contribution in [1.82, 2.24) is 9.80 Å². The zero-order chi connectivity index (χ0) is 18.5. The van der Waals surface area contributed by atoms with Crippen LogP contribution in [0.1, 0.15) is 30.4 Å². The van der Waals surface area contributed by atoms with Crippen molar-refractivity contribution in [3.63, 3.8) is 0 Å². The number of carbonyl (C=O) groups excluding carboxylic acids is 1. The number of rotatable bonds is 4. The molecule has 1 aromatic rings. The fourth-order valence-electron chi connectivity index (χ4n) is 3.86. The van der Waals surface area contributed by atoms with Crippen LogP contribution in [0.15, 0.2) is 17.0 Å². The largest absolute Gasteiger partial charge is 0.398 e. The first kappa shape index (κ1) is 19.5. The Bertz CT molecular complexity index is 608. The Hall–Kier alpha value is -1.24. The predicted octanol–water partition coefficient (Wildman–Crippen LogP) is 2.90. The highest BCUT2D eigenvalue weighted by atomic mass is 32.2. The molecule has 1 aromatic carbocycles. The van der Waals surface area contributed by atoms with E-state index in [-0.39, 0.29) is 5.92 Å². The van der Waals surface area contributed by atoms with Gasteiger partial charge in [-0.05, 0) is 50.3 Å². The van der Waals surface area contributed by atoms with Gasteiger partial charge in [0, 0.05) is 61.8 Å². The van der Waals surface area contributed by atoms with Crippen molar-refractivity contribution in [1.29, 1.82) is 0 Å². The second-order valence-electron chi connectivity index (χ2n) is 7.46. The molecule has 3 rings (SSSR count). The first-order chi connectivity index (χ1) is 12.5. The Morgan fingerprint density at radius 3 is 2.69 bits per heavy atom. The second kappa shape index (κ2) is 9.11. The molecule has 0 aliphatic carbocycles. The molecule has 0 unspecified atom stereocenters. The Morgan fingerprint density at radius 2 is 1.96 bits per heavy atom. The number of nitrogens with two attached hydrogens (primary N) is 1. The van der Waals surface area contributed by atoms with Crippen molar-refractivity contribution in [2.75, 3.05) is 51.0 Å². The molecule has 26 heavy (non-hydrogen) atoms. The van der Waals surface area contributed by atoms with Gasteiger partial charge in [0.2, 0.25) is 5.91 Å². The Morgan fingerprint density at radius 1 is 1.19 bits per heavy atom. The number of benzene rings is 1. The zero-order valence-electron chi connectivity index (χ0n) is 16.0. The summed E-state index contributed by atoms with van der Waals surface area (Å²) in [7, 11) is 0. The van der Waals surface area contributed by atoms with Crippen LogP contribution in [-0.4, -0.2) is 61.0 Å². The lowest BCUT2D eigenvalue weighted by molar-refractivity contribution is -0.138. The summed E-state index contributed by atoms with van der Waals surface area (Å²) in [6.07, 6.45) is 2.79. The van der Waals surface area contributed by atoms with Gasteiger partial charge in [-0.25, -0.2) is 0 Å². The number of hydrogen-bond acceptors (Lipinski definition) is 5. The minimum Gasteiger partial charge on any atom is -0.398 e. The van der Waals surface area contributed by atoms with E-state index in [1.807, 2.05) is 17.8 Å². The van der Waals surface area contributed by atoms with Gasteiger partial charge < -0.3 is 15.4 Å². The van der Waals surface area contributed by atoms with Crippen LogP contribution < -0.4 is 5.73 Å². The molecule has 2 heterocycles. The second-order valence-corrected chi connectivity index (χ2v) is 8.41. The Kier molecular flexibility index (Phi) is 6.84. The number of carbonyl (C=O) groups is 1. The van der Waals surface area contributed by atoms with E-state index in [9.17, 15) is 4.79 Å². The van der Waals surface area contributed by atoms with Crippen LogP contribution in [0.5, 0.6) is 0 Å². The fourth-order valence-corrected chi connectivity index (χ4v) is 4.95. The van der Waals surface area contributed by atoms with E-state index in [2.05, 4.69) is 29.7 Å². The number of hydrogen-bond donors (Lipinski definition) is 1. The third-order valence-corrected chi connectivity index (χ3v) is 6.65. The normalized spacial score (nSPS) is 20.2. The van der Waals surface area contributed by atoms with E-state index in [1.54, 1.807) is 0 Å². The topological polar surface area (TPSA) is 58.8 Å². The van der Waals surface area contributed by atoms with Gasteiger partial charge in [0.25, 0.3) is 0 Å². The zero-order valence-corrected chi connectivity index (χ0v) is 16.8. The minimum atomic E-state index is 0.166. The van der Waals surface area contributed by atoms with Crippen molar-refractivity contribution < 1.29 is 9.53 Å². The number of anilines is 1. The van der Waals surface area contributed by atoms with Crippen LogP contribution in [0.4, 0.5) is 5.69 Å². The lowest BCUT2D eigenvalue weighted by atomic mass is 9.98. The summed E-state index contributed by atoms with van der Waals surface area (Å²) in [5, 5.41) is 0. The molecule has 0 saturated carbocycles. The van der Waals surface area contributed by atoms with Crippen molar-refractivity contribution in [3.8, 4) is 0 Å². The van der Waals surface area contributed by atoms with Crippen LogP contribution in [0, 0.1) is 19.8 Å². The molecule has 2 aliphatic heterocycles. The molecule has 2 fully saturated rings. The summed E-state index contributed by atoms with van der Waals surface area (Å²) in [5.74, 6) is 1.43. The molecule has 6 heteroatoms. The maximum absolute atomic E-state index is 12.7. The van der Waals surface area contributed by atoms with Crippen LogP contribution in [-0.2, 0) is 9.53 Å². The first-order valence-electron chi connectivity index (χ1n) is 9.63. The highest BCUT2D eigenvalue weighted by Gasteiger charge is 2.27. The molecule has 2 saturated heterocycles. The maximum atomic E-state index is 12.7. The van der Waals surface area contributed by atoms with Gasteiger partial charge in [-0.15, -0.1) is 11.8 Å². The van der Waals surface area contributed by atoms with Crippen LogP contribution in [0.3, 0.4) is 0 Å². The van der Waals surface area contributed by atoms with Gasteiger partial charge >= 0.3 is 0 Å². The molecular formula is C20H31N3O2S. The summed E-state index contributed by atoms with van der Waals surface area (Å²) in [6, 6.07) is 4.24. The fraction of sp³-hybridized carbons (Fsp3) is 0.650. The molecule has 1 amide bonds. The number of ether oxygens (including phenoxy) is 1. The van der Waals surface area contributed by atoms with Crippen molar-refractivity contribution in [2.24, 2.45) is 5.92 Å². The monoisotopic (exact) mass is 377 g/mol. The molecule has 2 N–H and O–H groups in total. The average molecular weight is 378 g/mol. The number of nitrogen functional groups attached to an aromatic ring is 1. The van der Waals surface area contributed by atoms with E-state index in [0.717, 1.165) is 70.2 Å². The number of aryl methyl sites for hydroxylation is 2. The van der Waals surface area contributed by atoms with Gasteiger partial charge in [-0.2, -0.15) is 0 Å². The molecule has 144 valence electrons. The quantitative estimate of drug-likeness (QED) is 0.646. The molecule has 0 spiro atoms. The first-order valence-corrected chi connectivity index (χ1v) is 10.6. The van der Waals surface area contributed by atoms with Gasteiger partial charge in [0.05, 0.1) is 0 Å². The third-order valence-electron chi connectivity index (χ3n) is 5.31. The summed E-state index contributed by atoms with van der Waals surface area (Å²) >= 11 is 1.82. The van der Waals surface area contributed by atoms with E-state index in [0.29, 0.717) is 5.91 Å². The van der Waals surface area contributed by atoms with Crippen molar-refractivity contribution >= 4 is 23.4 Å². The van der Waals surface area contributed by atoms with Gasteiger partial charge in [-0.1, -0.05) is 6.07 Å². The van der Waals surface area contributed by atoms with E-state index in [1.165, 1.54) is 16.0 Å². The summed E-state index contributed by atoms with van der Waals surface area (Å²) in [4.78, 5) is 18.5. The molecule has 0 aromatic heterocycles. The highest BCUT2D eigenvalue weighted by Crippen LogP contribution is 2.30. The number of nitrogens with zero attached hydrogens (tertiary/aromatic N) is 2. The van der Waals surface area contributed by atoms with Crippen LogP contribution in [0.2, 0.25) is 0 Å². The molecular weight excluding hydrogens is 346 g/mol. The van der Waals surface area contributed by atoms with Crippen LogP contribution in [0.25, 0.3) is 0 Å². The van der Waals surface area contributed by atoms with Crippen LogP contribution >= 0.6 is 11.8 Å². The van der Waals surface area contributed by atoms with Gasteiger partial charge in [0.15, 0.2) is 0 Å². The van der Waals surface area contributed by atoms with E-state index < -0.39 is 0 Å². The van der Waals surface area contributed by atoms with Gasteiger partial charge in [0.1, 0.15) is 0 Å². The van der Waals surface area contributed by atoms with E-state index in [4.69, 9.17) is 10.5 Å². The Balaban J connectivity index is 1.52. The molecule has 0 bridgehead atoms. The van der Waals surface area contributed by atoms with Gasteiger partial charge in [-0.3, -0.25) is 9.69 Å². The minimum absolute atomic E-state index is 0.166. The Labute approximate surface area is 161 Å². The van der Waals surface area contributed by atoms with Crippen molar-refractivity contribution in [2.45, 2.75) is 38.0 Å². The summed E-state index contributed by atoms with van der Waals surface area (Å²) < 4.78 is 5.39. The van der Waals surface area contributed by atoms with Crippen molar-refractivity contribution in [3.05, 3.63) is 23.3 Å². The lowest BCUT2D eigenvalue weighted by Crippen LogP contribution is -2.40. The van der Waals surface area contributed by atoms with E-state index >= 15 is 0 Å². The molecule has 5 nitrogen and oxygen atoms in total. The highest BCUT2D eigenvalue weighted by molar-refractivity contribution is 7.99. The molecule has 2 aliphatic rings. The smallest absolute Gasteiger partial charge is 0.225 e. The summed E-state index contributed by atoms with van der Waals surface area (Å²) in [5.41, 5.74) is 9.54.